The van der Waals surface area contributed by atoms with E-state index in [1.165, 1.54) is 5.56 Å². The fourth-order valence-corrected chi connectivity index (χ4v) is 2.29. The maximum atomic E-state index is 5.76. The molecule has 0 saturated heterocycles. The maximum Gasteiger partial charge on any atom is 0.247 e. The van der Waals surface area contributed by atoms with Crippen molar-refractivity contribution in [2.45, 2.75) is 32.7 Å². The van der Waals surface area contributed by atoms with Crippen LogP contribution in [0.5, 0.6) is 5.75 Å². The Hall–Kier alpha value is -1.88. The van der Waals surface area contributed by atoms with Crippen LogP contribution in [-0.2, 0) is 6.42 Å². The molecule has 2 heterocycles. The molecule has 1 unspecified atom stereocenters. The average Bonchev–Trinajstić information content (AvgIpc) is 3.12. The van der Waals surface area contributed by atoms with Crippen molar-refractivity contribution in [3.05, 3.63) is 29.7 Å². The predicted octanol–water partition coefficient (Wildman–Crippen LogP) is 2.73. The van der Waals surface area contributed by atoms with Gasteiger partial charge in [0.1, 0.15) is 5.75 Å². The van der Waals surface area contributed by atoms with Crippen LogP contribution >= 0.6 is 0 Å². The van der Waals surface area contributed by atoms with Crippen molar-refractivity contribution >= 4 is 0 Å². The summed E-state index contributed by atoms with van der Waals surface area (Å²) in [5.74, 6) is 2.16. The molecule has 1 N–H and O–H groups in total. The first-order valence-corrected chi connectivity index (χ1v) is 7.11. The number of benzene rings is 1. The van der Waals surface area contributed by atoms with Gasteiger partial charge in [0.25, 0.3) is 0 Å². The van der Waals surface area contributed by atoms with Gasteiger partial charge in [-0.1, -0.05) is 6.92 Å². The molecule has 5 nitrogen and oxygen atoms in total. The summed E-state index contributed by atoms with van der Waals surface area (Å²) in [7, 11) is 0. The number of nitrogens with one attached hydrogen (secondary N) is 1. The minimum Gasteiger partial charge on any atom is -0.493 e. The van der Waals surface area contributed by atoms with Gasteiger partial charge in [-0.15, -0.1) is 10.2 Å². The third kappa shape index (κ3) is 2.54. The van der Waals surface area contributed by atoms with Gasteiger partial charge in [-0.05, 0) is 43.7 Å². The normalized spacial score (nSPS) is 14.9. The van der Waals surface area contributed by atoms with Crippen molar-refractivity contribution in [2.24, 2.45) is 0 Å². The molecule has 0 amide bonds. The molecular formula is C15H19N3O2. The minimum absolute atomic E-state index is 0.0777. The first kappa shape index (κ1) is 13.1. The van der Waals surface area contributed by atoms with E-state index in [0.29, 0.717) is 11.8 Å². The van der Waals surface area contributed by atoms with Crippen LogP contribution < -0.4 is 10.1 Å². The van der Waals surface area contributed by atoms with Crippen molar-refractivity contribution in [1.82, 2.24) is 15.5 Å². The van der Waals surface area contributed by atoms with E-state index in [1.807, 2.05) is 19.1 Å². The molecule has 20 heavy (non-hydrogen) atoms. The van der Waals surface area contributed by atoms with E-state index >= 15 is 0 Å². The van der Waals surface area contributed by atoms with E-state index in [1.54, 1.807) is 0 Å². The molecule has 0 saturated carbocycles. The lowest BCUT2D eigenvalue weighted by Crippen LogP contribution is -2.19. The molecule has 0 bridgehead atoms. The molecule has 1 atom stereocenters. The van der Waals surface area contributed by atoms with E-state index in [-0.39, 0.29) is 6.04 Å². The zero-order valence-corrected chi connectivity index (χ0v) is 11.8. The highest BCUT2D eigenvalue weighted by molar-refractivity contribution is 5.57. The molecule has 1 aliphatic rings. The lowest BCUT2D eigenvalue weighted by molar-refractivity contribution is 0.357. The third-order valence-electron chi connectivity index (χ3n) is 3.45. The molecule has 3 rings (SSSR count). The summed E-state index contributed by atoms with van der Waals surface area (Å²) in [6.45, 7) is 5.86. The lowest BCUT2D eigenvalue weighted by Gasteiger charge is -2.07. The Morgan fingerprint density at radius 3 is 3.10 bits per heavy atom. The molecule has 106 valence electrons. The highest BCUT2D eigenvalue weighted by atomic mass is 16.5. The Morgan fingerprint density at radius 1 is 1.35 bits per heavy atom. The third-order valence-corrected chi connectivity index (χ3v) is 3.45. The minimum atomic E-state index is 0.0777. The molecule has 1 aliphatic heterocycles. The molecule has 0 spiro atoms. The molecule has 1 aromatic carbocycles. The number of ether oxygens (including phenoxy) is 1. The van der Waals surface area contributed by atoms with Gasteiger partial charge in [0, 0.05) is 12.0 Å². The average molecular weight is 273 g/mol. The number of rotatable bonds is 5. The number of aromatic nitrogens is 2. The zero-order chi connectivity index (χ0) is 13.9. The summed E-state index contributed by atoms with van der Waals surface area (Å²) in [6, 6.07) is 6.09. The molecule has 5 heteroatoms. The van der Waals surface area contributed by atoms with Gasteiger partial charge in [-0.3, -0.25) is 0 Å². The Bertz CT molecular complexity index is 595. The highest BCUT2D eigenvalue weighted by Gasteiger charge is 2.17. The van der Waals surface area contributed by atoms with Gasteiger partial charge >= 0.3 is 0 Å². The highest BCUT2D eigenvalue weighted by Crippen LogP contribution is 2.30. The summed E-state index contributed by atoms with van der Waals surface area (Å²) in [5.41, 5.74) is 2.16. The lowest BCUT2D eigenvalue weighted by atomic mass is 10.1. The van der Waals surface area contributed by atoms with Crippen molar-refractivity contribution in [3.63, 3.8) is 0 Å². The Kier molecular flexibility index (Phi) is 3.69. The van der Waals surface area contributed by atoms with Gasteiger partial charge in [0.2, 0.25) is 11.8 Å². The van der Waals surface area contributed by atoms with E-state index in [0.717, 1.165) is 37.3 Å². The smallest absolute Gasteiger partial charge is 0.247 e. The summed E-state index contributed by atoms with van der Waals surface area (Å²) in [5, 5.41) is 11.6. The van der Waals surface area contributed by atoms with Crippen LogP contribution in [-0.4, -0.2) is 23.3 Å². The number of nitrogens with zero attached hydrogens (tertiary/aromatic N) is 2. The monoisotopic (exact) mass is 273 g/mol. The molecule has 0 aliphatic carbocycles. The van der Waals surface area contributed by atoms with Gasteiger partial charge < -0.3 is 14.5 Å². The van der Waals surface area contributed by atoms with Crippen LogP contribution in [0, 0.1) is 0 Å². The second-order valence-corrected chi connectivity index (χ2v) is 5.04. The van der Waals surface area contributed by atoms with Gasteiger partial charge in [-0.2, -0.15) is 0 Å². The Labute approximate surface area is 118 Å². The molecule has 1 aromatic heterocycles. The van der Waals surface area contributed by atoms with Crippen LogP contribution in [0.15, 0.2) is 22.6 Å². The summed E-state index contributed by atoms with van der Waals surface area (Å²) < 4.78 is 11.3. The summed E-state index contributed by atoms with van der Waals surface area (Å²) in [4.78, 5) is 0. The van der Waals surface area contributed by atoms with E-state index in [2.05, 4.69) is 28.5 Å². The fourth-order valence-electron chi connectivity index (χ4n) is 2.29. The summed E-state index contributed by atoms with van der Waals surface area (Å²) in [6.07, 6.45) is 2.02. The van der Waals surface area contributed by atoms with Crippen LogP contribution in [0.2, 0.25) is 0 Å². The van der Waals surface area contributed by atoms with Crippen molar-refractivity contribution in [2.75, 3.05) is 13.2 Å². The largest absolute Gasteiger partial charge is 0.493 e. The van der Waals surface area contributed by atoms with Gasteiger partial charge in [0.15, 0.2) is 0 Å². The van der Waals surface area contributed by atoms with E-state index in [9.17, 15) is 0 Å². The molecular weight excluding hydrogens is 254 g/mol. The van der Waals surface area contributed by atoms with Crippen LogP contribution in [0.1, 0.15) is 37.8 Å². The quantitative estimate of drug-likeness (QED) is 0.907. The van der Waals surface area contributed by atoms with Gasteiger partial charge in [0.05, 0.1) is 12.6 Å². The summed E-state index contributed by atoms with van der Waals surface area (Å²) >= 11 is 0. The van der Waals surface area contributed by atoms with Crippen molar-refractivity contribution in [1.29, 1.82) is 0 Å². The molecule has 2 aromatic rings. The topological polar surface area (TPSA) is 60.2 Å². The Balaban J connectivity index is 1.79. The van der Waals surface area contributed by atoms with E-state index < -0.39 is 0 Å². The first-order valence-electron chi connectivity index (χ1n) is 7.11. The standard InChI is InChI=1S/C15H19N3O2/c1-3-7-16-10(2)14-17-18-15(20-14)12-4-5-13-11(9-12)6-8-19-13/h4-5,9-10,16H,3,6-8H2,1-2H3. The number of hydrogen-bond acceptors (Lipinski definition) is 5. The number of fused-ring (bicyclic) bond motifs is 1. The maximum absolute atomic E-state index is 5.76. The first-order chi connectivity index (χ1) is 9.78. The van der Waals surface area contributed by atoms with Crippen molar-refractivity contribution in [3.8, 4) is 17.2 Å². The van der Waals surface area contributed by atoms with E-state index in [4.69, 9.17) is 9.15 Å². The van der Waals surface area contributed by atoms with Crippen LogP contribution in [0.4, 0.5) is 0 Å². The predicted molar refractivity (Wildman–Crippen MR) is 75.6 cm³/mol. The zero-order valence-electron chi connectivity index (χ0n) is 11.8. The van der Waals surface area contributed by atoms with Crippen molar-refractivity contribution < 1.29 is 9.15 Å². The molecule has 0 radical (unpaired) electrons. The second-order valence-electron chi connectivity index (χ2n) is 5.04. The Morgan fingerprint density at radius 2 is 2.25 bits per heavy atom. The fraction of sp³-hybridized carbons (Fsp3) is 0.467. The molecule has 0 fully saturated rings. The number of hydrogen-bond donors (Lipinski definition) is 1. The SMILES string of the molecule is CCCNC(C)c1nnc(-c2ccc3c(c2)CCO3)o1. The van der Waals surface area contributed by atoms with Gasteiger partial charge in [-0.25, -0.2) is 0 Å². The van der Waals surface area contributed by atoms with Crippen LogP contribution in [0.25, 0.3) is 11.5 Å². The van der Waals surface area contributed by atoms with Crippen LogP contribution in [0.3, 0.4) is 0 Å². The second kappa shape index (κ2) is 5.63.